The van der Waals surface area contributed by atoms with E-state index in [0.29, 0.717) is 11.1 Å². The molecular weight excluding hydrogens is 474 g/mol. The fraction of sp³-hybridized carbons (Fsp3) is 0.0435. The summed E-state index contributed by atoms with van der Waals surface area (Å²) in [4.78, 5) is 13.2. The highest BCUT2D eigenvalue weighted by atomic mass is 32.2. The Hall–Kier alpha value is -3.83. The molecule has 4 aromatic rings. The maximum Gasteiger partial charge on any atom is 0.275 e. The zero-order chi connectivity index (χ0) is 24.6. The van der Waals surface area contributed by atoms with Crippen molar-refractivity contribution < 1.29 is 26.0 Å². The number of primary sulfonamides is 1. The highest BCUT2D eigenvalue weighted by Crippen LogP contribution is 2.30. The van der Waals surface area contributed by atoms with Gasteiger partial charge in [-0.3, -0.25) is 4.79 Å². The van der Waals surface area contributed by atoms with Gasteiger partial charge in [0.1, 0.15) is 5.82 Å². The molecule has 0 atom stereocenters. The van der Waals surface area contributed by atoms with E-state index in [4.69, 9.17) is 5.14 Å². The molecule has 174 valence electrons. The third-order valence-corrected chi connectivity index (χ3v) is 6.04. The highest BCUT2D eigenvalue weighted by molar-refractivity contribution is 7.89. The van der Waals surface area contributed by atoms with Gasteiger partial charge in [0, 0.05) is 11.1 Å². The van der Waals surface area contributed by atoms with Crippen LogP contribution in [0.1, 0.15) is 5.56 Å². The van der Waals surface area contributed by atoms with Crippen molar-refractivity contribution in [2.45, 2.75) is 11.4 Å². The molecule has 0 spiro atoms. The number of nitrogens with zero attached hydrogens (tertiary/aromatic N) is 2. The van der Waals surface area contributed by atoms with Gasteiger partial charge in [-0.05, 0) is 41.5 Å². The minimum Gasteiger partial charge on any atom is -0.267 e. The number of halogens is 4. The van der Waals surface area contributed by atoms with E-state index in [1.165, 1.54) is 42.6 Å². The highest BCUT2D eigenvalue weighted by Gasteiger charge is 2.19. The molecule has 6 nitrogen and oxygen atoms in total. The summed E-state index contributed by atoms with van der Waals surface area (Å²) in [6, 6.07) is 12.1. The molecule has 0 unspecified atom stereocenters. The van der Waals surface area contributed by atoms with Crippen molar-refractivity contribution in [3.63, 3.8) is 0 Å². The van der Waals surface area contributed by atoms with Crippen LogP contribution in [0.3, 0.4) is 0 Å². The Kier molecular flexibility index (Phi) is 6.07. The lowest BCUT2D eigenvalue weighted by Gasteiger charge is -2.14. The van der Waals surface area contributed by atoms with Gasteiger partial charge >= 0.3 is 0 Å². The van der Waals surface area contributed by atoms with Gasteiger partial charge in [-0.25, -0.2) is 35.8 Å². The van der Waals surface area contributed by atoms with Gasteiger partial charge < -0.3 is 0 Å². The smallest absolute Gasteiger partial charge is 0.267 e. The number of aromatic nitrogens is 2. The first kappa shape index (κ1) is 23.3. The van der Waals surface area contributed by atoms with Crippen LogP contribution >= 0.6 is 0 Å². The van der Waals surface area contributed by atoms with Crippen LogP contribution in [0.4, 0.5) is 17.6 Å². The average Bonchev–Trinajstić information content (AvgIpc) is 2.80. The molecule has 0 radical (unpaired) electrons. The lowest BCUT2D eigenvalue weighted by Crippen LogP contribution is -2.26. The van der Waals surface area contributed by atoms with Crippen LogP contribution in [0, 0.1) is 23.3 Å². The second-order valence-electron chi connectivity index (χ2n) is 7.31. The van der Waals surface area contributed by atoms with Crippen LogP contribution in [-0.2, 0) is 16.6 Å². The molecule has 3 aromatic carbocycles. The van der Waals surface area contributed by atoms with Gasteiger partial charge in [0.2, 0.25) is 10.0 Å². The van der Waals surface area contributed by atoms with Crippen molar-refractivity contribution >= 4 is 10.0 Å². The summed E-state index contributed by atoms with van der Waals surface area (Å²) in [5.41, 5.74) is 0.0230. The first-order valence-corrected chi connectivity index (χ1v) is 11.2. The van der Waals surface area contributed by atoms with Crippen LogP contribution < -0.4 is 10.7 Å². The Morgan fingerprint density at radius 2 is 1.44 bits per heavy atom. The van der Waals surface area contributed by atoms with Crippen LogP contribution in [0.2, 0.25) is 0 Å². The molecule has 1 aromatic heterocycles. The fourth-order valence-corrected chi connectivity index (χ4v) is 3.90. The summed E-state index contributed by atoms with van der Waals surface area (Å²) in [6.45, 7) is -0.499. The van der Waals surface area contributed by atoms with Crippen LogP contribution in [-0.4, -0.2) is 18.2 Å². The van der Waals surface area contributed by atoms with Gasteiger partial charge in [-0.2, -0.15) is 5.10 Å². The van der Waals surface area contributed by atoms with E-state index in [9.17, 15) is 30.8 Å². The van der Waals surface area contributed by atoms with E-state index in [-0.39, 0.29) is 21.6 Å². The summed E-state index contributed by atoms with van der Waals surface area (Å²) in [5.74, 6) is -5.02. The van der Waals surface area contributed by atoms with E-state index in [2.05, 4.69) is 5.10 Å². The fourth-order valence-electron chi connectivity index (χ4n) is 3.39. The average molecular weight is 489 g/mol. The normalized spacial score (nSPS) is 11.6. The second-order valence-corrected chi connectivity index (χ2v) is 8.87. The molecule has 0 saturated heterocycles. The minimum atomic E-state index is -3.94. The van der Waals surface area contributed by atoms with Crippen molar-refractivity contribution in [1.29, 1.82) is 0 Å². The molecule has 4 rings (SSSR count). The molecule has 0 fully saturated rings. The summed E-state index contributed by atoms with van der Waals surface area (Å²) in [6.07, 6.45) is 1.28. The standard InChI is InChI=1S/C23H15F4N3O3S/c24-16-6-1-14(2-7-16)20-18(13-3-8-17(9-4-13)34(28,32)33)11-29-30(23(20)31)12-15-5-10-19(25)22(27)21(15)26/h1-11H,12H2,(H2,28,32,33). The lowest BCUT2D eigenvalue weighted by molar-refractivity contribution is 0.436. The van der Waals surface area contributed by atoms with Crippen molar-refractivity contribution in [3.05, 3.63) is 106 Å². The molecule has 34 heavy (non-hydrogen) atoms. The van der Waals surface area contributed by atoms with Gasteiger partial charge in [-0.15, -0.1) is 0 Å². The largest absolute Gasteiger partial charge is 0.275 e. The minimum absolute atomic E-state index is 0.0568. The van der Waals surface area contributed by atoms with Crippen LogP contribution in [0.25, 0.3) is 22.3 Å². The SMILES string of the molecule is NS(=O)(=O)c1ccc(-c2cnn(Cc3ccc(F)c(F)c3F)c(=O)c2-c2ccc(F)cc2)cc1. The Morgan fingerprint density at radius 1 is 0.824 bits per heavy atom. The first-order valence-electron chi connectivity index (χ1n) is 9.68. The first-order chi connectivity index (χ1) is 16.1. The predicted octanol–water partition coefficient (Wildman–Crippen LogP) is 3.83. The molecule has 2 N–H and O–H groups in total. The van der Waals surface area contributed by atoms with E-state index in [0.717, 1.165) is 28.9 Å². The quantitative estimate of drug-likeness (QED) is 0.341. The van der Waals surface area contributed by atoms with Gasteiger partial charge in [0.25, 0.3) is 5.56 Å². The van der Waals surface area contributed by atoms with Crippen molar-refractivity contribution in [2.24, 2.45) is 5.14 Å². The summed E-state index contributed by atoms with van der Waals surface area (Å²) >= 11 is 0. The maximum absolute atomic E-state index is 14.2. The van der Waals surface area contributed by atoms with E-state index < -0.39 is 45.4 Å². The van der Waals surface area contributed by atoms with Gasteiger partial charge in [-0.1, -0.05) is 30.3 Å². The van der Waals surface area contributed by atoms with Gasteiger partial charge in [0.15, 0.2) is 17.5 Å². The molecule has 0 saturated carbocycles. The molecule has 0 aliphatic rings. The molecule has 0 bridgehead atoms. The Balaban J connectivity index is 1.88. The van der Waals surface area contributed by atoms with Crippen LogP contribution in [0.5, 0.6) is 0 Å². The maximum atomic E-state index is 14.2. The number of nitrogens with two attached hydrogens (primary N) is 1. The number of hydrogen-bond acceptors (Lipinski definition) is 4. The van der Waals surface area contributed by atoms with Crippen molar-refractivity contribution in [2.75, 3.05) is 0 Å². The third kappa shape index (κ3) is 4.47. The molecule has 0 aliphatic carbocycles. The third-order valence-electron chi connectivity index (χ3n) is 5.11. The second kappa shape index (κ2) is 8.84. The number of benzene rings is 3. The van der Waals surface area contributed by atoms with E-state index >= 15 is 0 Å². The zero-order valence-corrected chi connectivity index (χ0v) is 18.0. The van der Waals surface area contributed by atoms with Crippen molar-refractivity contribution in [1.82, 2.24) is 9.78 Å². The Morgan fingerprint density at radius 3 is 2.06 bits per heavy atom. The van der Waals surface area contributed by atoms with E-state index in [1.54, 1.807) is 0 Å². The number of hydrogen-bond donors (Lipinski definition) is 1. The van der Waals surface area contributed by atoms with E-state index in [1.807, 2.05) is 0 Å². The summed E-state index contributed by atoms with van der Waals surface area (Å²) in [5, 5.41) is 9.14. The molecule has 0 amide bonds. The molecule has 1 heterocycles. The zero-order valence-electron chi connectivity index (χ0n) is 17.2. The Labute approximate surface area is 191 Å². The van der Waals surface area contributed by atoms with Crippen LogP contribution in [0.15, 0.2) is 76.6 Å². The monoisotopic (exact) mass is 489 g/mol. The number of sulfonamides is 1. The molecule has 0 aliphatic heterocycles. The molecular formula is C23H15F4N3O3S. The summed E-state index contributed by atoms with van der Waals surface area (Å²) in [7, 11) is -3.94. The lowest BCUT2D eigenvalue weighted by atomic mass is 9.97. The Bertz CT molecular complexity index is 1550. The topological polar surface area (TPSA) is 95.1 Å². The molecule has 11 heteroatoms. The van der Waals surface area contributed by atoms with Crippen molar-refractivity contribution in [3.8, 4) is 22.3 Å². The number of rotatable bonds is 5. The predicted molar refractivity (Wildman–Crippen MR) is 116 cm³/mol. The summed E-state index contributed by atoms with van der Waals surface area (Å²) < 4.78 is 78.5. The van der Waals surface area contributed by atoms with Gasteiger partial charge in [0.05, 0.1) is 23.2 Å².